The summed E-state index contributed by atoms with van der Waals surface area (Å²) in [6.07, 6.45) is -38.3. The van der Waals surface area contributed by atoms with E-state index in [-0.39, 0.29) is 63.8 Å². The van der Waals surface area contributed by atoms with Gasteiger partial charge in [-0.2, -0.15) is 65.9 Å². The number of hydrogen-bond donors (Lipinski definition) is 0. The Morgan fingerprint density at radius 3 is 0.719 bits per heavy atom. The van der Waals surface area contributed by atoms with Gasteiger partial charge in [-0.25, -0.2) is 17.6 Å². The molecule has 0 saturated heterocycles. The number of halogens is 19. The summed E-state index contributed by atoms with van der Waals surface area (Å²) in [7, 11) is 0. The molecule has 0 N–H and O–H groups in total. The highest BCUT2D eigenvalue weighted by Gasteiger charge is 2.44. The predicted molar refractivity (Wildman–Crippen MR) is 433 cm³/mol. The molecule has 0 rings (SSSR count). The number of carbonyl (C=O) groups excluding carboxylic acids is 18. The molecule has 139 heavy (non-hydrogen) atoms. The first-order chi connectivity index (χ1) is 63.3. The summed E-state index contributed by atoms with van der Waals surface area (Å²) in [5.41, 5.74) is -2.03. The van der Waals surface area contributed by atoms with Gasteiger partial charge in [0.05, 0.1) is 98.6 Å². The van der Waals surface area contributed by atoms with Gasteiger partial charge in [0, 0.05) is 6.42 Å². The van der Waals surface area contributed by atoms with E-state index in [9.17, 15) is 170 Å². The molecule has 0 aliphatic heterocycles. The minimum absolute atomic E-state index is 0.121. The molecule has 0 spiro atoms. The van der Waals surface area contributed by atoms with Crippen molar-refractivity contribution in [2.45, 2.75) is 321 Å². The molecule has 0 aromatic carbocycles. The molecule has 36 nitrogen and oxygen atoms in total. The molecule has 0 radical (unpaired) electrons. The third-order valence-electron chi connectivity index (χ3n) is 17.8. The first-order valence-electron chi connectivity index (χ1n) is 42.4. The van der Waals surface area contributed by atoms with Crippen molar-refractivity contribution in [2.75, 3.05) is 73.2 Å². The Labute approximate surface area is 788 Å². The van der Waals surface area contributed by atoms with Gasteiger partial charge in [0.15, 0.2) is 24.4 Å². The van der Waals surface area contributed by atoms with Crippen LogP contribution in [-0.4, -0.2) is 248 Å². The zero-order chi connectivity index (χ0) is 110. The number of alkyl halides is 19. The summed E-state index contributed by atoms with van der Waals surface area (Å²) in [6, 6.07) is 0. The van der Waals surface area contributed by atoms with E-state index in [0.717, 1.165) is 0 Å². The number of hydrogen-bond acceptors (Lipinski definition) is 36. The molecule has 0 aliphatic carbocycles. The smallest absolute Gasteiger partial charge is 0.425 e. The van der Waals surface area contributed by atoms with Crippen LogP contribution >= 0.6 is 0 Å². The largest absolute Gasteiger partial charge is 0.465 e. The quantitative estimate of drug-likeness (QED) is 0.0136. The zero-order valence-corrected chi connectivity index (χ0v) is 80.4. The van der Waals surface area contributed by atoms with E-state index in [2.05, 4.69) is 61.6 Å². The molecular weight excluding hydrogens is 1950 g/mol. The fourth-order valence-corrected chi connectivity index (χ4v) is 7.13. The highest BCUT2D eigenvalue weighted by Crippen LogP contribution is 2.34. The van der Waals surface area contributed by atoms with Crippen LogP contribution in [0.1, 0.15) is 254 Å². The van der Waals surface area contributed by atoms with Gasteiger partial charge in [0.25, 0.3) is 11.8 Å². The number of rotatable bonds is 53. The van der Waals surface area contributed by atoms with Gasteiger partial charge in [0.2, 0.25) is 20.4 Å². The molecular formula is C84H125F19O36. The van der Waals surface area contributed by atoms with E-state index in [0.29, 0.717) is 73.1 Å². The van der Waals surface area contributed by atoms with Crippen LogP contribution in [0.5, 0.6) is 0 Å². The maximum absolute atomic E-state index is 13.2. The van der Waals surface area contributed by atoms with Gasteiger partial charge < -0.3 is 85.3 Å². The highest BCUT2D eigenvalue weighted by atomic mass is 19.4. The second-order valence-electron chi connectivity index (χ2n) is 31.4. The topological polar surface area (TPSA) is 473 Å². The van der Waals surface area contributed by atoms with Gasteiger partial charge in [-0.1, -0.05) is 62.3 Å². The summed E-state index contributed by atoms with van der Waals surface area (Å²) in [5.74, 6) is -24.0. The van der Waals surface area contributed by atoms with Gasteiger partial charge in [-0.15, -0.1) is 0 Å². The minimum atomic E-state index is -4.71. The molecule has 0 heterocycles. The van der Waals surface area contributed by atoms with E-state index in [1.807, 2.05) is 20.8 Å². The Bertz CT molecular complexity index is 3760. The lowest BCUT2D eigenvalue weighted by Crippen LogP contribution is -2.32. The molecule has 7 atom stereocenters. The van der Waals surface area contributed by atoms with Gasteiger partial charge in [-0.05, 0) is 115 Å². The Balaban J connectivity index is -0.000000383. The van der Waals surface area contributed by atoms with E-state index < -0.39 is 295 Å². The van der Waals surface area contributed by atoms with Crippen molar-refractivity contribution in [3.05, 3.63) is 0 Å². The van der Waals surface area contributed by atoms with Crippen LogP contribution in [0.4, 0.5) is 83.4 Å². The van der Waals surface area contributed by atoms with E-state index in [1.165, 1.54) is 0 Å². The van der Waals surface area contributed by atoms with E-state index >= 15 is 0 Å². The standard InChI is InChI=1S/C18H28F4O6.C15H23F3O6.C14H21F3O6.C13H19F3O6.2C12H17F3O6/c1-5-16(2,3)15(25)28-11-10-27-14(24)7-6-13(23)26-9-8-18(21,22)12-17(4,19)20;1-5-14(3,4)13(21)23-9-8-22-11(19)6-7-12(20)24-10(2)15(16,17)18;1-4-9(2)13(20)22-8-7-21-11(18)5-6-12(19)23-10(3)14(15,16)17;1-5-12(3,4)11(19)21-7-20-9(17)6-10(18)22-8(2)13(14,15)16;1-4-7(2)11(18)20-6-19-9(16)5-10(17)21-8(3)12(13,14)15;1-3-8(2)11(18)21-7-20-10(17)6-9(16)19-5-4-12(13,14)15/h5-12H2,1-4H3;10H,5-9H2,1-4H3;9-10H,4-8H2,1-3H3;8H,5-7H2,1-4H3;7-8H,4-6H2,1-3H3;8H,3-7H2,1-2H3. The zero-order valence-electron chi connectivity index (χ0n) is 80.4. The van der Waals surface area contributed by atoms with E-state index in [1.54, 1.807) is 83.1 Å². The van der Waals surface area contributed by atoms with Crippen molar-refractivity contribution in [1.29, 1.82) is 0 Å². The van der Waals surface area contributed by atoms with Crippen LogP contribution in [0.3, 0.4) is 0 Å². The SMILES string of the molecule is CCC(C)(C)C(=O)OCCOC(=O)CCC(=O)OC(C)C(F)(F)F.CCC(C)(C)C(=O)OCCOC(=O)CCC(=O)OCCC(F)(F)CC(C)(F)F.CCC(C)(C)C(=O)OCOC(=O)CC(=O)OC(C)C(F)(F)F.CCC(C)C(=O)OCCOC(=O)CCC(=O)OC(C)C(F)(F)F.CCC(C)C(=O)OCOC(=O)CC(=O)OC(C)C(F)(F)F.CCC(C)C(=O)OCOC(=O)CC(=O)OCCC(F)(F)F. The highest BCUT2D eigenvalue weighted by molar-refractivity contribution is 5.92. The lowest BCUT2D eigenvalue weighted by Gasteiger charge is -2.20. The average molecular weight is 2070 g/mol. The van der Waals surface area contributed by atoms with Crippen LogP contribution in [-0.2, 0) is 172 Å². The molecule has 810 valence electrons. The van der Waals surface area contributed by atoms with Crippen molar-refractivity contribution >= 4 is 107 Å². The van der Waals surface area contributed by atoms with Gasteiger partial charge in [0.1, 0.15) is 58.9 Å². The summed E-state index contributed by atoms with van der Waals surface area (Å²) in [6.45, 7) is 24.3. The predicted octanol–water partition coefficient (Wildman–Crippen LogP) is 15.4. The lowest BCUT2D eigenvalue weighted by atomic mass is 9.91. The minimum Gasteiger partial charge on any atom is -0.465 e. The fraction of sp³-hybridized carbons (Fsp3) is 0.786. The molecule has 0 aliphatic rings. The Morgan fingerprint density at radius 2 is 0.453 bits per heavy atom. The maximum Gasteiger partial charge on any atom is 0.425 e. The monoisotopic (exact) mass is 2070 g/mol. The van der Waals surface area contributed by atoms with Crippen LogP contribution in [0.15, 0.2) is 0 Å². The third kappa shape index (κ3) is 77.6. The average Bonchev–Trinajstić information content (AvgIpc) is 0.866. The van der Waals surface area contributed by atoms with Crippen LogP contribution < -0.4 is 0 Å². The third-order valence-corrected chi connectivity index (χ3v) is 17.8. The normalized spacial score (nSPS) is 13.1. The summed E-state index contributed by atoms with van der Waals surface area (Å²) < 4.78 is 314. The Kier molecular flexibility index (Phi) is 69.0. The van der Waals surface area contributed by atoms with Crippen molar-refractivity contribution < 1.29 is 255 Å². The lowest BCUT2D eigenvalue weighted by molar-refractivity contribution is -0.217. The van der Waals surface area contributed by atoms with Crippen molar-refractivity contribution in [3.8, 4) is 0 Å². The fourth-order valence-electron chi connectivity index (χ4n) is 7.13. The van der Waals surface area contributed by atoms with Crippen LogP contribution in [0, 0.1) is 34.0 Å². The van der Waals surface area contributed by atoms with Crippen LogP contribution in [0.25, 0.3) is 0 Å². The Hall–Kier alpha value is -10.9. The van der Waals surface area contributed by atoms with Crippen molar-refractivity contribution in [3.63, 3.8) is 0 Å². The number of carbonyl (C=O) groups is 18. The van der Waals surface area contributed by atoms with Gasteiger partial charge in [-0.3, -0.25) is 86.3 Å². The van der Waals surface area contributed by atoms with Crippen molar-refractivity contribution in [1.82, 2.24) is 0 Å². The maximum atomic E-state index is 13.2. The molecule has 7 unspecified atom stereocenters. The first-order valence-corrected chi connectivity index (χ1v) is 42.4. The van der Waals surface area contributed by atoms with E-state index in [4.69, 9.17) is 23.7 Å². The first kappa shape index (κ1) is 139. The number of ether oxygens (including phenoxy) is 18. The second-order valence-corrected chi connectivity index (χ2v) is 31.4. The molecule has 0 saturated carbocycles. The molecule has 0 amide bonds. The summed E-state index contributed by atoms with van der Waals surface area (Å²) in [4.78, 5) is 203. The van der Waals surface area contributed by atoms with Crippen molar-refractivity contribution in [2.24, 2.45) is 34.0 Å². The summed E-state index contributed by atoms with van der Waals surface area (Å²) in [5, 5.41) is 0. The van der Waals surface area contributed by atoms with Crippen LogP contribution in [0.2, 0.25) is 0 Å². The molecule has 0 aromatic rings. The molecule has 55 heteroatoms. The number of esters is 18. The molecule has 0 fully saturated rings. The Morgan fingerprint density at radius 1 is 0.237 bits per heavy atom. The molecule has 0 aromatic heterocycles. The van der Waals surface area contributed by atoms with Gasteiger partial charge >= 0.3 is 138 Å². The summed E-state index contributed by atoms with van der Waals surface area (Å²) >= 11 is 0. The second kappa shape index (κ2) is 69.1. The molecule has 0 bridgehead atoms.